The van der Waals surface area contributed by atoms with Gasteiger partial charge in [-0.3, -0.25) is 34.5 Å². The number of rotatable bonds is 12. The Morgan fingerprint density at radius 1 is 0.875 bits per heavy atom. The van der Waals surface area contributed by atoms with Crippen molar-refractivity contribution in [2.24, 2.45) is 10.8 Å². The van der Waals surface area contributed by atoms with Crippen LogP contribution >= 0.6 is 0 Å². The zero-order chi connectivity index (χ0) is 49.9. The van der Waals surface area contributed by atoms with Gasteiger partial charge in [-0.25, -0.2) is 13.2 Å². The zero-order valence-corrected chi connectivity index (χ0v) is 40.8. The van der Waals surface area contributed by atoms with Gasteiger partial charge in [-0.05, 0) is 122 Å². The Balaban J connectivity index is 0.675. The summed E-state index contributed by atoms with van der Waals surface area (Å²) in [6.45, 7) is 10.2. The molecular weight excluding hydrogens is 928 g/mol. The number of fused-ring (bicyclic) bond motifs is 3. The molecule has 1 aliphatic carbocycles. The van der Waals surface area contributed by atoms with Crippen molar-refractivity contribution in [3.05, 3.63) is 77.0 Å². The third-order valence-electron chi connectivity index (χ3n) is 16.7. The van der Waals surface area contributed by atoms with Crippen LogP contribution in [0.1, 0.15) is 86.7 Å². The van der Waals surface area contributed by atoms with Crippen LogP contribution in [0.5, 0.6) is 11.8 Å². The molecule has 0 unspecified atom stereocenters. The lowest BCUT2D eigenvalue weighted by molar-refractivity contribution is -0.136. The lowest BCUT2D eigenvalue weighted by Crippen LogP contribution is -2.69. The Morgan fingerprint density at radius 2 is 1.65 bits per heavy atom. The lowest BCUT2D eigenvalue weighted by Gasteiger charge is -2.57. The molecule has 15 nitrogen and oxygen atoms in total. The number of pyridine rings is 1. The van der Waals surface area contributed by atoms with Gasteiger partial charge in [0.1, 0.15) is 40.3 Å². The maximum absolute atomic E-state index is 17.1. The number of phenols is 1. The second-order valence-electron chi connectivity index (χ2n) is 22.5. The summed E-state index contributed by atoms with van der Waals surface area (Å²) in [5.74, 6) is -1.81. The van der Waals surface area contributed by atoms with Crippen LogP contribution in [0.3, 0.4) is 0 Å². The minimum absolute atomic E-state index is 0.0192. The molecule has 5 aromatic rings. The normalized spacial score (nSPS) is 24.7. The fourth-order valence-corrected chi connectivity index (χ4v) is 12.9. The topological polar surface area (TPSA) is 168 Å². The number of nitrogens with one attached hydrogen (secondary N) is 1. The molecule has 0 bridgehead atoms. The predicted octanol–water partition coefficient (Wildman–Crippen LogP) is 6.29. The molecule has 2 aromatic heterocycles. The van der Waals surface area contributed by atoms with Crippen molar-refractivity contribution in [1.82, 2.24) is 35.0 Å². The Kier molecular flexibility index (Phi) is 11.2. The monoisotopic (exact) mass is 987 g/mol. The number of alkyl halides is 1. The van der Waals surface area contributed by atoms with E-state index in [0.717, 1.165) is 63.1 Å². The van der Waals surface area contributed by atoms with E-state index in [-0.39, 0.29) is 70.8 Å². The van der Waals surface area contributed by atoms with E-state index in [2.05, 4.69) is 36.1 Å². The third-order valence-corrected chi connectivity index (χ3v) is 16.7. The molecule has 6 fully saturated rings. The molecule has 0 radical (unpaired) electrons. The van der Waals surface area contributed by atoms with E-state index in [1.807, 2.05) is 24.0 Å². The maximum atomic E-state index is 17.1. The smallest absolute Gasteiger partial charge is 0.319 e. The van der Waals surface area contributed by atoms with Crippen molar-refractivity contribution in [3.8, 4) is 23.0 Å². The molecule has 1 saturated carbocycles. The Morgan fingerprint density at radius 3 is 2.39 bits per heavy atom. The number of nitrogens with zero attached hydrogens (tertiary/aromatic N) is 8. The summed E-state index contributed by atoms with van der Waals surface area (Å²) < 4.78 is 55.0. The number of ether oxygens (including phenoxy) is 1. The van der Waals surface area contributed by atoms with Crippen LogP contribution in [-0.2, 0) is 22.6 Å². The van der Waals surface area contributed by atoms with Gasteiger partial charge in [0.25, 0.3) is 5.91 Å². The quantitative estimate of drug-likeness (QED) is 0.120. The number of aryl methyl sites for hydroxylation is 1. The van der Waals surface area contributed by atoms with Crippen LogP contribution in [0.2, 0.25) is 0 Å². The number of aromatic nitrogens is 3. The highest BCUT2D eigenvalue weighted by atomic mass is 19.1. The number of hydrogen-bond acceptors (Lipinski definition) is 13. The van der Waals surface area contributed by atoms with Crippen LogP contribution in [-0.4, -0.2) is 147 Å². The summed E-state index contributed by atoms with van der Waals surface area (Å²) in [5.41, 5.74) is 0.690. The molecule has 3 amide bonds. The minimum atomic E-state index is -1.30. The van der Waals surface area contributed by atoms with E-state index in [1.165, 1.54) is 24.4 Å². The van der Waals surface area contributed by atoms with Crippen molar-refractivity contribution < 1.29 is 42.5 Å². The van der Waals surface area contributed by atoms with E-state index >= 15 is 13.2 Å². The zero-order valence-electron chi connectivity index (χ0n) is 40.8. The standard InChI is InChI=1S/C54H60F3N9O6/c1-3-36-40(55)8-5-32-20-35(67)21-38(43(32)36)45-44(56)46-39(22-58-45)47(65-16-4-11-51(2,71)24-65)61-50(60-46)72-31-53(12-13-53)27-63-29-54(57,30-63)28-62-25-52(26-62)14-17-64(18-15-52)34-6-7-37-33(19-34)23-66(49(37)70)41-9-10-42(68)59-48(41)69/h5-8,19-22,41,67,71H,3-4,9-18,23-31H2,1-2H3,(H,59,68,69)/t41-,51+/m0/s1. The molecular formula is C54H60F3N9O6. The Hall–Kier alpha value is -6.11. The number of phenolic OH excluding ortho intramolecular Hbond substituents is 1. The van der Waals surface area contributed by atoms with Gasteiger partial charge < -0.3 is 29.6 Å². The van der Waals surface area contributed by atoms with Gasteiger partial charge in [0, 0.05) is 107 Å². The fraction of sp³-hybridized carbons (Fsp3) is 0.519. The number of benzene rings is 3. The Labute approximate surface area is 415 Å². The molecule has 3 aromatic carbocycles. The number of β-amino-alcohol motifs (C(OH)–C–C–N with tert-alkyl or cyclic N) is 1. The van der Waals surface area contributed by atoms with Gasteiger partial charge in [0.15, 0.2) is 5.82 Å². The summed E-state index contributed by atoms with van der Waals surface area (Å²) in [6.07, 6.45) is 7.45. The number of anilines is 2. The van der Waals surface area contributed by atoms with E-state index < -0.39 is 34.9 Å². The summed E-state index contributed by atoms with van der Waals surface area (Å²) in [6, 6.07) is 11.1. The van der Waals surface area contributed by atoms with Gasteiger partial charge in [0.05, 0.1) is 17.6 Å². The van der Waals surface area contributed by atoms with Gasteiger partial charge in [-0.15, -0.1) is 0 Å². The van der Waals surface area contributed by atoms with Gasteiger partial charge in [-0.2, -0.15) is 9.97 Å². The fourth-order valence-electron chi connectivity index (χ4n) is 12.9. The van der Waals surface area contributed by atoms with E-state index in [4.69, 9.17) is 9.72 Å². The molecule has 18 heteroatoms. The van der Waals surface area contributed by atoms with E-state index in [1.54, 1.807) is 17.9 Å². The molecule has 72 heavy (non-hydrogen) atoms. The van der Waals surface area contributed by atoms with Crippen LogP contribution in [0.4, 0.5) is 24.7 Å². The maximum Gasteiger partial charge on any atom is 0.319 e. The molecule has 2 atom stereocenters. The first-order chi connectivity index (χ1) is 34.5. The average molecular weight is 988 g/mol. The van der Waals surface area contributed by atoms with Crippen molar-refractivity contribution in [1.29, 1.82) is 0 Å². The van der Waals surface area contributed by atoms with Crippen molar-refractivity contribution in [2.75, 3.05) is 81.9 Å². The number of aromatic hydroxyl groups is 1. The van der Waals surface area contributed by atoms with Crippen molar-refractivity contribution in [3.63, 3.8) is 0 Å². The summed E-state index contributed by atoms with van der Waals surface area (Å²) in [7, 11) is 0. The Bertz CT molecular complexity index is 3050. The number of carbonyl (C=O) groups excluding carboxylic acids is 3. The number of imide groups is 1. The van der Waals surface area contributed by atoms with Crippen molar-refractivity contribution >= 4 is 50.9 Å². The largest absolute Gasteiger partial charge is 0.508 e. The second-order valence-corrected chi connectivity index (χ2v) is 22.5. The van der Waals surface area contributed by atoms with Crippen molar-refractivity contribution in [2.45, 2.75) is 95.5 Å². The molecule has 5 saturated heterocycles. The number of halogens is 3. The first-order valence-electron chi connectivity index (χ1n) is 25.6. The molecule has 378 valence electrons. The lowest BCUT2D eigenvalue weighted by atomic mass is 9.71. The highest BCUT2D eigenvalue weighted by Crippen LogP contribution is 2.49. The SMILES string of the molecule is CCc1c(F)ccc2cc(O)cc(-c3ncc4c(N5CCC[C@@](C)(O)C5)nc(OCC5(CN6CC(F)(CN7CC8(CCN(c9ccc%10c(c9)CN([C@H]9CCC(=O)NC9=O)C%10=O)CC8)C7)C6)CC5)nc4c3F)c12. The van der Waals surface area contributed by atoms with Crippen LogP contribution in [0, 0.1) is 22.5 Å². The number of likely N-dealkylation sites (tertiary alicyclic amines) is 2. The van der Waals surface area contributed by atoms with Crippen LogP contribution in [0.15, 0.2) is 48.7 Å². The summed E-state index contributed by atoms with van der Waals surface area (Å²) >= 11 is 0. The second kappa shape index (κ2) is 17.3. The third kappa shape index (κ3) is 8.45. The number of amides is 3. The highest BCUT2D eigenvalue weighted by molar-refractivity contribution is 6.06. The minimum Gasteiger partial charge on any atom is -0.508 e. The van der Waals surface area contributed by atoms with Gasteiger partial charge in [-0.1, -0.05) is 13.0 Å². The van der Waals surface area contributed by atoms with Crippen LogP contribution < -0.4 is 19.9 Å². The molecule has 7 aliphatic rings. The first-order valence-corrected chi connectivity index (χ1v) is 25.6. The molecule has 6 aliphatic heterocycles. The number of aliphatic hydroxyl groups is 1. The average Bonchev–Trinajstić information content (AvgIpc) is 4.02. The molecule has 12 rings (SSSR count). The van der Waals surface area contributed by atoms with E-state index in [9.17, 15) is 24.6 Å². The number of hydrogen-bond donors (Lipinski definition) is 3. The number of carbonyl (C=O) groups is 3. The molecule has 1 spiro atoms. The van der Waals surface area contributed by atoms with Crippen LogP contribution in [0.25, 0.3) is 32.9 Å². The molecule has 3 N–H and O–H groups in total. The predicted molar refractivity (Wildman–Crippen MR) is 264 cm³/mol. The number of piperidine rings is 3. The van der Waals surface area contributed by atoms with Gasteiger partial charge in [0.2, 0.25) is 11.8 Å². The van der Waals surface area contributed by atoms with Gasteiger partial charge >= 0.3 is 6.01 Å². The summed E-state index contributed by atoms with van der Waals surface area (Å²) in [4.78, 5) is 61.7. The first kappa shape index (κ1) is 46.9. The highest BCUT2D eigenvalue weighted by Gasteiger charge is 2.54. The summed E-state index contributed by atoms with van der Waals surface area (Å²) in [5, 5.41) is 25.5. The molecule has 8 heterocycles. The van der Waals surface area contributed by atoms with E-state index in [0.29, 0.717) is 98.1 Å².